The summed E-state index contributed by atoms with van der Waals surface area (Å²) in [5, 5.41) is 10.2. The van der Waals surface area contributed by atoms with Gasteiger partial charge in [-0.25, -0.2) is 0 Å². The summed E-state index contributed by atoms with van der Waals surface area (Å²) in [6.07, 6.45) is 1.28. The second kappa shape index (κ2) is 7.06. The topological polar surface area (TPSA) is 66.6 Å². The van der Waals surface area contributed by atoms with Crippen molar-refractivity contribution in [2.45, 2.75) is 24.9 Å². The molecule has 1 saturated heterocycles. The van der Waals surface area contributed by atoms with Crippen molar-refractivity contribution in [1.29, 1.82) is 0 Å². The number of carbonyl (C=O) groups is 1. The number of nitrogens with zero attached hydrogens (tertiary/aromatic N) is 1. The second-order valence-electron chi connectivity index (χ2n) is 5.16. The third-order valence-electron chi connectivity index (χ3n) is 3.69. The molecule has 1 aliphatic rings. The Morgan fingerprint density at radius 2 is 2.15 bits per heavy atom. The molecular weight excluding hydrogens is 391 g/mol. The smallest absolute Gasteiger partial charge is 0.226 e. The molecule has 1 aromatic carbocycles. The monoisotopic (exact) mass is 408 g/mol. The minimum Gasteiger partial charge on any atom is -0.393 e. The Hall–Kier alpha value is -0.370. The van der Waals surface area contributed by atoms with Crippen molar-refractivity contribution in [3.8, 4) is 0 Å². The summed E-state index contributed by atoms with van der Waals surface area (Å²) < 4.78 is 0.956. The van der Waals surface area contributed by atoms with E-state index in [0.717, 1.165) is 35.1 Å². The van der Waals surface area contributed by atoms with Gasteiger partial charge in [-0.05, 0) is 53.1 Å². The summed E-state index contributed by atoms with van der Waals surface area (Å²) in [7, 11) is 0. The lowest BCUT2D eigenvalue weighted by Gasteiger charge is -2.31. The number of rotatable bonds is 4. The zero-order valence-electron chi connectivity index (χ0n) is 11.1. The summed E-state index contributed by atoms with van der Waals surface area (Å²) >= 11 is 8.27. The number of primary amides is 1. The predicted octanol–water partition coefficient (Wildman–Crippen LogP) is 1.97. The Labute approximate surface area is 137 Å². The molecular formula is C14H18ClIN2O2. The summed E-state index contributed by atoms with van der Waals surface area (Å²) in [5.74, 6) is -0.701. The van der Waals surface area contributed by atoms with Gasteiger partial charge < -0.3 is 15.7 Å². The summed E-state index contributed by atoms with van der Waals surface area (Å²) in [6, 6.07) is 5.62. The van der Waals surface area contributed by atoms with E-state index in [0.29, 0.717) is 11.6 Å². The number of nitrogens with two attached hydrogens (primary N) is 1. The third-order valence-corrected chi connectivity index (χ3v) is 5.26. The van der Waals surface area contributed by atoms with Gasteiger partial charge in [0.25, 0.3) is 0 Å². The van der Waals surface area contributed by atoms with E-state index in [1.54, 1.807) is 0 Å². The molecule has 0 radical (unpaired) electrons. The maximum Gasteiger partial charge on any atom is 0.226 e. The van der Waals surface area contributed by atoms with Crippen LogP contribution in [0.5, 0.6) is 0 Å². The molecule has 0 aliphatic carbocycles. The van der Waals surface area contributed by atoms with Crippen LogP contribution in [0.15, 0.2) is 18.2 Å². The van der Waals surface area contributed by atoms with Crippen molar-refractivity contribution in [2.24, 2.45) is 5.73 Å². The van der Waals surface area contributed by atoms with Crippen molar-refractivity contribution in [3.63, 3.8) is 0 Å². The number of hydrogen-bond acceptors (Lipinski definition) is 3. The Morgan fingerprint density at radius 3 is 2.70 bits per heavy atom. The lowest BCUT2D eigenvalue weighted by atomic mass is 9.96. The van der Waals surface area contributed by atoms with Crippen LogP contribution in [-0.2, 0) is 4.79 Å². The number of hydrogen-bond donors (Lipinski definition) is 2. The number of halogens is 2. The van der Waals surface area contributed by atoms with Crippen molar-refractivity contribution in [1.82, 2.24) is 4.90 Å². The molecule has 1 aliphatic heterocycles. The maximum atomic E-state index is 11.7. The van der Waals surface area contributed by atoms with Gasteiger partial charge >= 0.3 is 0 Å². The molecule has 2 rings (SSSR count). The standard InChI is InChI=1S/C14H18ClIN2O2/c15-12-7-9(1-2-13(12)16)11(14(17)20)8-18-5-3-10(19)4-6-18/h1-2,7,10-11,19H,3-6,8H2,(H2,17,20)/t11-/m0/s1. The number of aliphatic hydroxyl groups is 1. The largest absolute Gasteiger partial charge is 0.393 e. The number of piperidine rings is 1. The van der Waals surface area contributed by atoms with E-state index >= 15 is 0 Å². The number of amides is 1. The first kappa shape index (κ1) is 16.0. The van der Waals surface area contributed by atoms with Crippen LogP contribution in [0, 0.1) is 3.57 Å². The quantitative estimate of drug-likeness (QED) is 0.749. The fourth-order valence-electron chi connectivity index (χ4n) is 2.45. The van der Waals surface area contributed by atoms with Crippen LogP contribution < -0.4 is 5.73 Å². The Balaban J connectivity index is 2.10. The van der Waals surface area contributed by atoms with Crippen molar-refractivity contribution in [2.75, 3.05) is 19.6 Å². The van der Waals surface area contributed by atoms with Gasteiger partial charge in [-0.15, -0.1) is 0 Å². The van der Waals surface area contributed by atoms with Crippen LogP contribution in [0.4, 0.5) is 0 Å². The van der Waals surface area contributed by atoms with Gasteiger partial charge in [-0.1, -0.05) is 17.7 Å². The van der Waals surface area contributed by atoms with Crippen molar-refractivity contribution < 1.29 is 9.90 Å². The molecule has 110 valence electrons. The van der Waals surface area contributed by atoms with Crippen LogP contribution in [0.2, 0.25) is 5.02 Å². The van der Waals surface area contributed by atoms with E-state index in [-0.39, 0.29) is 17.9 Å². The fraction of sp³-hybridized carbons (Fsp3) is 0.500. The molecule has 1 amide bonds. The fourth-order valence-corrected chi connectivity index (χ4v) is 2.97. The summed E-state index contributed by atoms with van der Waals surface area (Å²) in [4.78, 5) is 13.9. The molecule has 1 fully saturated rings. The highest BCUT2D eigenvalue weighted by molar-refractivity contribution is 14.1. The van der Waals surface area contributed by atoms with E-state index in [1.165, 1.54) is 0 Å². The lowest BCUT2D eigenvalue weighted by molar-refractivity contribution is -0.120. The average molecular weight is 409 g/mol. The van der Waals surface area contributed by atoms with Crippen LogP contribution in [0.3, 0.4) is 0 Å². The van der Waals surface area contributed by atoms with Crippen LogP contribution in [0.1, 0.15) is 24.3 Å². The number of benzene rings is 1. The minimum absolute atomic E-state index is 0.217. The molecule has 1 heterocycles. The SMILES string of the molecule is NC(=O)[C@@H](CN1CCC(O)CC1)c1ccc(I)c(Cl)c1. The first-order valence-electron chi connectivity index (χ1n) is 6.62. The number of carbonyl (C=O) groups excluding carboxylic acids is 1. The molecule has 0 aromatic heterocycles. The zero-order chi connectivity index (χ0) is 14.7. The Morgan fingerprint density at radius 1 is 1.50 bits per heavy atom. The van der Waals surface area contributed by atoms with Crippen LogP contribution >= 0.6 is 34.2 Å². The molecule has 0 bridgehead atoms. The van der Waals surface area contributed by atoms with Gasteiger partial charge in [0.2, 0.25) is 5.91 Å². The predicted molar refractivity (Wildman–Crippen MR) is 87.8 cm³/mol. The first-order chi connectivity index (χ1) is 9.47. The Bertz CT molecular complexity index is 490. The molecule has 1 atom stereocenters. The third kappa shape index (κ3) is 4.07. The molecule has 0 spiro atoms. The molecule has 3 N–H and O–H groups in total. The lowest BCUT2D eigenvalue weighted by Crippen LogP contribution is -2.41. The van der Waals surface area contributed by atoms with E-state index < -0.39 is 0 Å². The number of likely N-dealkylation sites (tertiary alicyclic amines) is 1. The van der Waals surface area contributed by atoms with Gasteiger partial charge in [0.05, 0.1) is 17.0 Å². The average Bonchev–Trinajstić information content (AvgIpc) is 2.41. The maximum absolute atomic E-state index is 11.7. The zero-order valence-corrected chi connectivity index (χ0v) is 14.0. The van der Waals surface area contributed by atoms with E-state index in [4.69, 9.17) is 17.3 Å². The molecule has 4 nitrogen and oxygen atoms in total. The summed E-state index contributed by atoms with van der Waals surface area (Å²) in [5.41, 5.74) is 6.40. The normalized spacial score (nSPS) is 18.9. The number of aliphatic hydroxyl groups excluding tert-OH is 1. The van der Waals surface area contributed by atoms with E-state index in [2.05, 4.69) is 27.5 Å². The van der Waals surface area contributed by atoms with Gasteiger partial charge in [0.15, 0.2) is 0 Å². The first-order valence-corrected chi connectivity index (χ1v) is 8.07. The highest BCUT2D eigenvalue weighted by atomic mass is 127. The van der Waals surface area contributed by atoms with Crippen molar-refractivity contribution >= 4 is 40.1 Å². The minimum atomic E-state index is -0.361. The van der Waals surface area contributed by atoms with Crippen molar-refractivity contribution in [3.05, 3.63) is 32.4 Å². The van der Waals surface area contributed by atoms with Gasteiger partial charge in [0, 0.05) is 23.2 Å². The van der Waals surface area contributed by atoms with E-state index in [1.807, 2.05) is 18.2 Å². The highest BCUT2D eigenvalue weighted by Crippen LogP contribution is 2.25. The van der Waals surface area contributed by atoms with Crippen LogP contribution in [-0.4, -0.2) is 41.7 Å². The molecule has 6 heteroatoms. The van der Waals surface area contributed by atoms with E-state index in [9.17, 15) is 9.90 Å². The Kier molecular flexibility index (Phi) is 5.65. The highest BCUT2D eigenvalue weighted by Gasteiger charge is 2.24. The van der Waals surface area contributed by atoms with Gasteiger partial charge in [0.1, 0.15) is 0 Å². The van der Waals surface area contributed by atoms with Crippen LogP contribution in [0.25, 0.3) is 0 Å². The molecule has 0 unspecified atom stereocenters. The second-order valence-corrected chi connectivity index (χ2v) is 6.73. The van der Waals surface area contributed by atoms with Gasteiger partial charge in [-0.2, -0.15) is 0 Å². The molecule has 1 aromatic rings. The van der Waals surface area contributed by atoms with Gasteiger partial charge in [-0.3, -0.25) is 4.79 Å². The molecule has 20 heavy (non-hydrogen) atoms. The molecule has 0 saturated carbocycles. The summed E-state index contributed by atoms with van der Waals surface area (Å²) in [6.45, 7) is 2.17.